The fourth-order valence-electron chi connectivity index (χ4n) is 2.10. The van der Waals surface area contributed by atoms with Crippen LogP contribution in [0.4, 0.5) is 0 Å². The monoisotopic (exact) mass is 338 g/mol. The molecule has 0 bridgehead atoms. The van der Waals surface area contributed by atoms with E-state index in [1.807, 2.05) is 13.8 Å². The number of carboxylic acids is 1. The summed E-state index contributed by atoms with van der Waals surface area (Å²) in [4.78, 5) is 11.5. The van der Waals surface area contributed by atoms with E-state index in [0.717, 1.165) is 5.56 Å². The van der Waals surface area contributed by atoms with Crippen LogP contribution < -0.4 is 4.74 Å². The summed E-state index contributed by atoms with van der Waals surface area (Å²) in [6.45, 7) is 4.02. The number of hydrogen-bond donors (Lipinski definition) is 1. The zero-order valence-electron chi connectivity index (χ0n) is 12.2. The van der Waals surface area contributed by atoms with E-state index >= 15 is 0 Å². The molecule has 3 nitrogen and oxygen atoms in total. The third-order valence-electron chi connectivity index (χ3n) is 3.22. The SMILES string of the molecule is CC(C)c1cc(OC(C(=O)O)c2cccc(Cl)c2)ccc1Cl. The van der Waals surface area contributed by atoms with E-state index in [-0.39, 0.29) is 5.92 Å². The molecule has 22 heavy (non-hydrogen) atoms. The lowest BCUT2D eigenvalue weighted by Gasteiger charge is -2.17. The van der Waals surface area contributed by atoms with E-state index in [1.54, 1.807) is 42.5 Å². The topological polar surface area (TPSA) is 46.5 Å². The van der Waals surface area contributed by atoms with Crippen LogP contribution in [0.3, 0.4) is 0 Å². The third-order valence-corrected chi connectivity index (χ3v) is 3.80. The van der Waals surface area contributed by atoms with Crippen molar-refractivity contribution in [3.05, 3.63) is 63.6 Å². The Morgan fingerprint density at radius 2 is 1.86 bits per heavy atom. The molecule has 0 aliphatic rings. The molecule has 0 aliphatic carbocycles. The molecular formula is C17H16Cl2O3. The Balaban J connectivity index is 2.33. The highest BCUT2D eigenvalue weighted by Gasteiger charge is 2.22. The van der Waals surface area contributed by atoms with Crippen molar-refractivity contribution in [3.8, 4) is 5.75 Å². The fraction of sp³-hybridized carbons (Fsp3) is 0.235. The summed E-state index contributed by atoms with van der Waals surface area (Å²) in [7, 11) is 0. The molecule has 0 aromatic heterocycles. The number of benzene rings is 2. The van der Waals surface area contributed by atoms with Crippen LogP contribution in [0.15, 0.2) is 42.5 Å². The number of aliphatic carboxylic acids is 1. The van der Waals surface area contributed by atoms with Gasteiger partial charge in [-0.15, -0.1) is 0 Å². The first-order valence-corrected chi connectivity index (χ1v) is 7.58. The highest BCUT2D eigenvalue weighted by Crippen LogP contribution is 2.31. The van der Waals surface area contributed by atoms with Crippen molar-refractivity contribution < 1.29 is 14.6 Å². The summed E-state index contributed by atoms with van der Waals surface area (Å²) in [6, 6.07) is 11.8. The largest absolute Gasteiger partial charge is 0.478 e. The summed E-state index contributed by atoms with van der Waals surface area (Å²) in [5.74, 6) is -0.408. The Kier molecular flexibility index (Phi) is 5.33. The van der Waals surface area contributed by atoms with E-state index in [9.17, 15) is 9.90 Å². The lowest BCUT2D eigenvalue weighted by atomic mass is 10.0. The Morgan fingerprint density at radius 1 is 1.14 bits per heavy atom. The van der Waals surface area contributed by atoms with E-state index in [2.05, 4.69) is 0 Å². The predicted molar refractivity (Wildman–Crippen MR) is 88.0 cm³/mol. The third kappa shape index (κ3) is 3.93. The molecule has 0 fully saturated rings. The second kappa shape index (κ2) is 7.03. The first kappa shape index (κ1) is 16.7. The van der Waals surface area contributed by atoms with Crippen molar-refractivity contribution >= 4 is 29.2 Å². The maximum atomic E-state index is 11.5. The summed E-state index contributed by atoms with van der Waals surface area (Å²) in [5.41, 5.74) is 1.40. The first-order valence-electron chi connectivity index (χ1n) is 6.83. The number of hydrogen-bond acceptors (Lipinski definition) is 2. The lowest BCUT2D eigenvalue weighted by Crippen LogP contribution is -2.18. The van der Waals surface area contributed by atoms with Gasteiger partial charge in [0.2, 0.25) is 6.10 Å². The summed E-state index contributed by atoms with van der Waals surface area (Å²) in [5, 5.41) is 10.5. The molecule has 1 unspecified atom stereocenters. The van der Waals surface area contributed by atoms with Crippen molar-refractivity contribution in [2.24, 2.45) is 0 Å². The summed E-state index contributed by atoms with van der Waals surface area (Å²) >= 11 is 12.1. The molecule has 0 saturated carbocycles. The molecule has 0 heterocycles. The zero-order chi connectivity index (χ0) is 16.3. The van der Waals surface area contributed by atoms with E-state index in [1.165, 1.54) is 0 Å². The van der Waals surface area contributed by atoms with Gasteiger partial charge in [-0.2, -0.15) is 0 Å². The second-order valence-corrected chi connectivity index (χ2v) is 6.07. The molecule has 1 atom stereocenters. The average molecular weight is 339 g/mol. The van der Waals surface area contributed by atoms with Crippen LogP contribution in [-0.2, 0) is 4.79 Å². The minimum atomic E-state index is -1.13. The van der Waals surface area contributed by atoms with Gasteiger partial charge in [0.15, 0.2) is 0 Å². The molecule has 0 radical (unpaired) electrons. The number of carbonyl (C=O) groups is 1. The standard InChI is InChI=1S/C17H16Cl2O3/c1-10(2)14-9-13(6-7-15(14)19)22-16(17(20)21)11-4-3-5-12(18)8-11/h3-10,16H,1-2H3,(H,20,21). The molecule has 2 aromatic rings. The Bertz CT molecular complexity index is 683. The van der Waals surface area contributed by atoms with Crippen LogP contribution in [0, 0.1) is 0 Å². The molecule has 2 aromatic carbocycles. The van der Waals surface area contributed by atoms with Gasteiger partial charge in [0.05, 0.1) is 0 Å². The molecule has 5 heteroatoms. The highest BCUT2D eigenvalue weighted by atomic mass is 35.5. The van der Waals surface area contributed by atoms with Gasteiger partial charge >= 0.3 is 5.97 Å². The molecule has 0 spiro atoms. The number of halogens is 2. The summed E-state index contributed by atoms with van der Waals surface area (Å²) in [6.07, 6.45) is -1.13. The van der Waals surface area contributed by atoms with Crippen molar-refractivity contribution in [1.82, 2.24) is 0 Å². The van der Waals surface area contributed by atoms with Crippen LogP contribution in [0.2, 0.25) is 10.0 Å². The van der Waals surface area contributed by atoms with Gasteiger partial charge in [-0.25, -0.2) is 4.79 Å². The second-order valence-electron chi connectivity index (χ2n) is 5.23. The maximum absolute atomic E-state index is 11.5. The fourth-order valence-corrected chi connectivity index (χ4v) is 2.64. The minimum Gasteiger partial charge on any atom is -0.478 e. The smallest absolute Gasteiger partial charge is 0.349 e. The van der Waals surface area contributed by atoms with Crippen LogP contribution in [-0.4, -0.2) is 11.1 Å². The first-order chi connectivity index (χ1) is 10.4. The van der Waals surface area contributed by atoms with Crippen molar-refractivity contribution in [3.63, 3.8) is 0 Å². The quantitative estimate of drug-likeness (QED) is 0.802. The van der Waals surface area contributed by atoms with Gasteiger partial charge in [-0.1, -0.05) is 49.2 Å². The summed E-state index contributed by atoms with van der Waals surface area (Å²) < 4.78 is 5.65. The van der Waals surface area contributed by atoms with Gasteiger partial charge in [0.1, 0.15) is 5.75 Å². The van der Waals surface area contributed by atoms with E-state index in [0.29, 0.717) is 21.4 Å². The average Bonchev–Trinajstić information content (AvgIpc) is 2.45. The Labute approximate surface area is 139 Å². The maximum Gasteiger partial charge on any atom is 0.349 e. The molecule has 116 valence electrons. The van der Waals surface area contributed by atoms with Gasteiger partial charge in [0.25, 0.3) is 0 Å². The molecule has 0 aliphatic heterocycles. The number of carboxylic acid groups (broad SMARTS) is 1. The van der Waals surface area contributed by atoms with E-state index < -0.39 is 12.1 Å². The van der Waals surface area contributed by atoms with Crippen LogP contribution >= 0.6 is 23.2 Å². The van der Waals surface area contributed by atoms with Crippen LogP contribution in [0.1, 0.15) is 37.0 Å². The van der Waals surface area contributed by atoms with Gasteiger partial charge in [0, 0.05) is 15.6 Å². The molecular weight excluding hydrogens is 323 g/mol. The molecule has 0 amide bonds. The molecule has 0 saturated heterocycles. The lowest BCUT2D eigenvalue weighted by molar-refractivity contribution is -0.145. The molecule has 2 rings (SSSR count). The number of ether oxygens (including phenoxy) is 1. The van der Waals surface area contributed by atoms with E-state index in [4.69, 9.17) is 27.9 Å². The van der Waals surface area contributed by atoms with Crippen molar-refractivity contribution in [2.45, 2.75) is 25.9 Å². The predicted octanol–water partition coefficient (Wildman–Crippen LogP) is 5.32. The molecule has 1 N–H and O–H groups in total. The Morgan fingerprint density at radius 3 is 2.45 bits per heavy atom. The number of rotatable bonds is 5. The van der Waals surface area contributed by atoms with Crippen molar-refractivity contribution in [1.29, 1.82) is 0 Å². The highest BCUT2D eigenvalue weighted by molar-refractivity contribution is 6.31. The van der Waals surface area contributed by atoms with Gasteiger partial charge < -0.3 is 9.84 Å². The zero-order valence-corrected chi connectivity index (χ0v) is 13.7. The van der Waals surface area contributed by atoms with Gasteiger partial charge in [-0.05, 0) is 41.8 Å². The van der Waals surface area contributed by atoms with Gasteiger partial charge in [-0.3, -0.25) is 0 Å². The van der Waals surface area contributed by atoms with Crippen LogP contribution in [0.5, 0.6) is 5.75 Å². The van der Waals surface area contributed by atoms with Crippen LogP contribution in [0.25, 0.3) is 0 Å². The normalized spacial score (nSPS) is 12.2. The van der Waals surface area contributed by atoms with Crippen molar-refractivity contribution in [2.75, 3.05) is 0 Å². The minimum absolute atomic E-state index is 0.213. The Hall–Kier alpha value is -1.71.